The minimum atomic E-state index is -0.635. The van der Waals surface area contributed by atoms with E-state index in [2.05, 4.69) is 14.8 Å². The number of nitrogens with zero attached hydrogens (tertiary/aromatic N) is 3. The van der Waals surface area contributed by atoms with Crippen LogP contribution in [0.5, 0.6) is 0 Å². The monoisotopic (exact) mass is 195 g/mol. The molecule has 5 nitrogen and oxygen atoms in total. The van der Waals surface area contributed by atoms with Gasteiger partial charge in [0.2, 0.25) is 0 Å². The number of carbonyl (C=O) groups excluding carboxylic acids is 1. The lowest BCUT2D eigenvalue weighted by Gasteiger charge is -1.95. The van der Waals surface area contributed by atoms with Crippen molar-refractivity contribution in [1.29, 1.82) is 0 Å². The smallest absolute Gasteiger partial charge is 0.340 e. The molecule has 0 aromatic carbocycles. The summed E-state index contributed by atoms with van der Waals surface area (Å²) < 4.78 is 4.42. The molecule has 0 aliphatic carbocycles. The van der Waals surface area contributed by atoms with E-state index in [-0.39, 0.29) is 5.70 Å². The van der Waals surface area contributed by atoms with Crippen molar-refractivity contribution in [3.05, 3.63) is 34.4 Å². The number of methoxy groups -OCH3 is 1. The maximum absolute atomic E-state index is 11.0. The first kappa shape index (κ1) is 12.3. The third kappa shape index (κ3) is 5.00. The van der Waals surface area contributed by atoms with Crippen LogP contribution in [0.3, 0.4) is 0 Å². The number of rotatable bonds is 5. The van der Waals surface area contributed by atoms with Crippen molar-refractivity contribution in [2.75, 3.05) is 7.11 Å². The molecule has 0 bridgehead atoms. The summed E-state index contributed by atoms with van der Waals surface area (Å²) in [6.45, 7) is 2.04. The van der Waals surface area contributed by atoms with E-state index < -0.39 is 5.97 Å². The molecule has 5 heteroatoms. The highest BCUT2D eigenvalue weighted by molar-refractivity contribution is 5.88. The highest BCUT2D eigenvalue weighted by Gasteiger charge is 2.04. The number of allylic oxidation sites excluding steroid dienone is 3. The van der Waals surface area contributed by atoms with Crippen molar-refractivity contribution in [3.63, 3.8) is 0 Å². The standard InChI is InChI=1S/C9H13N3O2/c1-3-4-5-6-7-8(11-12-10)9(13)14-2/h5-7H,3-4H2,1-2H3/b6-5+,8-7+. The number of unbranched alkanes of at least 4 members (excludes halogenated alkanes) is 1. The van der Waals surface area contributed by atoms with Crippen molar-refractivity contribution < 1.29 is 9.53 Å². The van der Waals surface area contributed by atoms with Crippen molar-refractivity contribution >= 4 is 5.97 Å². The molecule has 0 N–H and O–H groups in total. The Hall–Kier alpha value is -1.74. The number of hydrogen-bond donors (Lipinski definition) is 0. The molecule has 0 aromatic rings. The minimum absolute atomic E-state index is 0.0395. The number of ether oxygens (including phenoxy) is 1. The summed E-state index contributed by atoms with van der Waals surface area (Å²) in [5.74, 6) is -0.635. The Morgan fingerprint density at radius 3 is 2.86 bits per heavy atom. The average Bonchev–Trinajstić information content (AvgIpc) is 2.21. The number of azide groups is 1. The Morgan fingerprint density at radius 2 is 2.36 bits per heavy atom. The molecule has 0 aliphatic rings. The van der Waals surface area contributed by atoms with Crippen LogP contribution in [0.15, 0.2) is 29.0 Å². The van der Waals surface area contributed by atoms with Crippen LogP contribution in [0.25, 0.3) is 10.4 Å². The zero-order chi connectivity index (χ0) is 10.8. The predicted molar refractivity (Wildman–Crippen MR) is 53.3 cm³/mol. The van der Waals surface area contributed by atoms with Gasteiger partial charge in [0.15, 0.2) is 0 Å². The molecule has 0 amide bonds. The van der Waals surface area contributed by atoms with E-state index in [1.807, 2.05) is 13.0 Å². The SMILES string of the molecule is CCC/C=C/C=C(/N=[N+]=[N-])C(=O)OC. The van der Waals surface area contributed by atoms with Gasteiger partial charge in [-0.1, -0.05) is 30.6 Å². The van der Waals surface area contributed by atoms with Gasteiger partial charge in [-0.2, -0.15) is 0 Å². The number of carbonyl (C=O) groups is 1. The van der Waals surface area contributed by atoms with E-state index in [4.69, 9.17) is 5.53 Å². The fourth-order valence-electron chi connectivity index (χ4n) is 0.717. The van der Waals surface area contributed by atoms with E-state index in [1.54, 1.807) is 6.08 Å². The summed E-state index contributed by atoms with van der Waals surface area (Å²) >= 11 is 0. The summed E-state index contributed by atoms with van der Waals surface area (Å²) in [5.41, 5.74) is 8.13. The molecule has 14 heavy (non-hydrogen) atoms. The maximum atomic E-state index is 11.0. The zero-order valence-electron chi connectivity index (χ0n) is 8.30. The molecule has 0 atom stereocenters. The van der Waals surface area contributed by atoms with Crippen LogP contribution < -0.4 is 0 Å². The maximum Gasteiger partial charge on any atom is 0.340 e. The largest absolute Gasteiger partial charge is 0.466 e. The first-order valence-corrected chi connectivity index (χ1v) is 4.26. The lowest BCUT2D eigenvalue weighted by atomic mass is 10.3. The van der Waals surface area contributed by atoms with E-state index in [0.717, 1.165) is 12.8 Å². The lowest BCUT2D eigenvalue weighted by molar-refractivity contribution is -0.136. The van der Waals surface area contributed by atoms with E-state index >= 15 is 0 Å². The lowest BCUT2D eigenvalue weighted by Crippen LogP contribution is -2.01. The van der Waals surface area contributed by atoms with Crippen LogP contribution in [-0.2, 0) is 9.53 Å². The second-order valence-corrected chi connectivity index (χ2v) is 2.45. The molecule has 0 saturated heterocycles. The Labute approximate surface area is 82.7 Å². The molecule has 0 rings (SSSR count). The van der Waals surface area contributed by atoms with Crippen molar-refractivity contribution in [3.8, 4) is 0 Å². The summed E-state index contributed by atoms with van der Waals surface area (Å²) in [6.07, 6.45) is 6.93. The Bertz CT molecular complexity index is 288. The summed E-state index contributed by atoms with van der Waals surface area (Å²) in [5, 5.41) is 3.21. The number of hydrogen-bond acceptors (Lipinski definition) is 3. The molecule has 0 fully saturated rings. The van der Waals surface area contributed by atoms with Gasteiger partial charge in [0.1, 0.15) is 5.70 Å². The fraction of sp³-hybridized carbons (Fsp3) is 0.444. The van der Waals surface area contributed by atoms with E-state index in [1.165, 1.54) is 13.2 Å². The first-order valence-electron chi connectivity index (χ1n) is 4.26. The molecule has 0 saturated carbocycles. The van der Waals surface area contributed by atoms with Gasteiger partial charge in [0, 0.05) is 4.91 Å². The molecular formula is C9H13N3O2. The third-order valence-corrected chi connectivity index (χ3v) is 1.39. The van der Waals surface area contributed by atoms with Crippen molar-refractivity contribution in [2.45, 2.75) is 19.8 Å². The van der Waals surface area contributed by atoms with Gasteiger partial charge in [0.25, 0.3) is 0 Å². The van der Waals surface area contributed by atoms with Crippen LogP contribution in [0.1, 0.15) is 19.8 Å². The van der Waals surface area contributed by atoms with Gasteiger partial charge >= 0.3 is 5.97 Å². The molecule has 0 radical (unpaired) electrons. The zero-order valence-corrected chi connectivity index (χ0v) is 8.30. The van der Waals surface area contributed by atoms with Gasteiger partial charge in [-0.3, -0.25) is 0 Å². The van der Waals surface area contributed by atoms with Gasteiger partial charge in [-0.25, -0.2) is 4.79 Å². The minimum Gasteiger partial charge on any atom is -0.466 e. The van der Waals surface area contributed by atoms with Crippen LogP contribution in [0, 0.1) is 0 Å². The van der Waals surface area contributed by atoms with Gasteiger partial charge < -0.3 is 4.74 Å². The van der Waals surface area contributed by atoms with Crippen LogP contribution in [0.2, 0.25) is 0 Å². The van der Waals surface area contributed by atoms with E-state index in [0.29, 0.717) is 0 Å². The topological polar surface area (TPSA) is 75.1 Å². The molecule has 0 unspecified atom stereocenters. The Balaban J connectivity index is 4.48. The van der Waals surface area contributed by atoms with Gasteiger partial charge in [-0.15, -0.1) is 0 Å². The molecule has 76 valence electrons. The van der Waals surface area contributed by atoms with Gasteiger partial charge in [-0.05, 0) is 18.0 Å². The summed E-state index contributed by atoms with van der Waals surface area (Å²) in [7, 11) is 1.23. The average molecular weight is 195 g/mol. The first-order chi connectivity index (χ1) is 6.76. The van der Waals surface area contributed by atoms with Crippen LogP contribution in [0.4, 0.5) is 0 Å². The molecule has 0 heterocycles. The summed E-state index contributed by atoms with van der Waals surface area (Å²) in [6, 6.07) is 0. The normalized spacial score (nSPS) is 11.1. The van der Waals surface area contributed by atoms with Crippen molar-refractivity contribution in [1.82, 2.24) is 0 Å². The van der Waals surface area contributed by atoms with Crippen LogP contribution in [-0.4, -0.2) is 13.1 Å². The highest BCUT2D eigenvalue weighted by atomic mass is 16.5. The highest BCUT2D eigenvalue weighted by Crippen LogP contribution is 2.01. The predicted octanol–water partition coefficient (Wildman–Crippen LogP) is 2.71. The Morgan fingerprint density at radius 1 is 1.64 bits per heavy atom. The molecule has 0 aliphatic heterocycles. The second-order valence-electron chi connectivity index (χ2n) is 2.45. The van der Waals surface area contributed by atoms with E-state index in [9.17, 15) is 4.79 Å². The molecule has 0 aromatic heterocycles. The fourth-order valence-corrected chi connectivity index (χ4v) is 0.717. The Kier molecular flexibility index (Phi) is 6.91. The quantitative estimate of drug-likeness (QED) is 0.169. The third-order valence-electron chi connectivity index (χ3n) is 1.39. The molecular weight excluding hydrogens is 182 g/mol. The van der Waals surface area contributed by atoms with Crippen molar-refractivity contribution in [2.24, 2.45) is 5.11 Å². The second kappa shape index (κ2) is 7.89. The summed E-state index contributed by atoms with van der Waals surface area (Å²) in [4.78, 5) is 13.5. The van der Waals surface area contributed by atoms with Gasteiger partial charge in [0.05, 0.1) is 7.11 Å². The number of esters is 1. The van der Waals surface area contributed by atoms with Crippen LogP contribution >= 0.6 is 0 Å². The molecule has 0 spiro atoms.